The minimum absolute atomic E-state index is 0. The minimum Gasteiger partial charge on any atom is -0.319 e. The van der Waals surface area contributed by atoms with Crippen molar-refractivity contribution >= 4 is 38.9 Å². The maximum absolute atomic E-state index is 5.21. The van der Waals surface area contributed by atoms with E-state index in [2.05, 4.69) is 226 Å². The quantitative estimate of drug-likeness (QED) is 0.0907. The molecule has 298 valence electrons. The Balaban J connectivity index is 0.00000462. The molecule has 10 rings (SSSR count). The summed E-state index contributed by atoms with van der Waals surface area (Å²) in [5.74, 6) is 0.848. The normalized spacial score (nSPS) is 12.8. The van der Waals surface area contributed by atoms with Gasteiger partial charge in [-0.05, 0) is 104 Å². The molecule has 3 heterocycles. The van der Waals surface area contributed by atoms with Gasteiger partial charge in [-0.15, -0.1) is 38.8 Å². The fourth-order valence-electron chi connectivity index (χ4n) is 9.11. The predicted octanol–water partition coefficient (Wildman–Crippen LogP) is 13.0. The Kier molecular flexibility index (Phi) is 10.1. The summed E-state index contributed by atoms with van der Waals surface area (Å²) in [6, 6.07) is 68.5. The molecule has 0 saturated heterocycles. The summed E-state index contributed by atoms with van der Waals surface area (Å²) in [6.07, 6.45) is 1.93. The number of anilines is 3. The van der Waals surface area contributed by atoms with Gasteiger partial charge in [0.25, 0.3) is 0 Å². The molecule has 0 aliphatic carbocycles. The monoisotopic (exact) mass is 960 g/mol. The van der Waals surface area contributed by atoms with E-state index in [0.29, 0.717) is 0 Å². The van der Waals surface area contributed by atoms with E-state index in [1.54, 1.807) is 0 Å². The Morgan fingerprint density at radius 2 is 1.18 bits per heavy atom. The Hall–Kier alpha value is -6.26. The number of hydroxylamine groups is 1. The van der Waals surface area contributed by atoms with E-state index in [0.717, 1.165) is 72.5 Å². The number of hydrogen-bond donors (Lipinski definition) is 0. The van der Waals surface area contributed by atoms with Gasteiger partial charge in [0.05, 0.1) is 0 Å². The summed E-state index contributed by atoms with van der Waals surface area (Å²) in [6.45, 7) is 10.9. The average molecular weight is 961 g/mol. The number of para-hydroxylation sites is 3. The molecule has 60 heavy (non-hydrogen) atoms. The van der Waals surface area contributed by atoms with Crippen LogP contribution in [-0.2, 0) is 26.5 Å². The maximum Gasteiger partial charge on any atom is 0.145 e. The summed E-state index contributed by atoms with van der Waals surface area (Å²) >= 11 is 0. The van der Waals surface area contributed by atoms with Crippen LogP contribution >= 0.6 is 0 Å². The van der Waals surface area contributed by atoms with Crippen LogP contribution in [0.1, 0.15) is 54.2 Å². The van der Waals surface area contributed by atoms with Crippen LogP contribution in [0, 0.1) is 26.0 Å². The Bertz CT molecular complexity index is 2950. The molecule has 0 bridgehead atoms. The third kappa shape index (κ3) is 6.36. The van der Waals surface area contributed by atoms with Crippen molar-refractivity contribution in [3.8, 4) is 16.9 Å². The first-order valence-electron chi connectivity index (χ1n) is 20.3. The smallest absolute Gasteiger partial charge is 0.145 e. The summed E-state index contributed by atoms with van der Waals surface area (Å²) in [4.78, 5) is 10.3. The van der Waals surface area contributed by atoms with Crippen LogP contribution in [0.2, 0.25) is 0 Å². The van der Waals surface area contributed by atoms with Crippen LogP contribution < -0.4 is 10.1 Å². The van der Waals surface area contributed by atoms with Crippen LogP contribution in [0.4, 0.5) is 17.1 Å². The molecule has 7 aromatic carbocycles. The minimum atomic E-state index is -0.815. The molecule has 9 aromatic rings. The van der Waals surface area contributed by atoms with Gasteiger partial charge in [0, 0.05) is 43.9 Å². The molecule has 1 N–H and O–H groups in total. The molecule has 6 heteroatoms. The number of fused-ring (bicyclic) bond motifs is 4. The molecule has 1 aliphatic heterocycles. The Morgan fingerprint density at radius 1 is 0.567 bits per heavy atom. The van der Waals surface area contributed by atoms with Gasteiger partial charge in [-0.2, -0.15) is 35.3 Å². The van der Waals surface area contributed by atoms with E-state index in [1.807, 2.05) is 11.3 Å². The van der Waals surface area contributed by atoms with Gasteiger partial charge in [-0.1, -0.05) is 115 Å². The van der Waals surface area contributed by atoms with Crippen LogP contribution in [-0.4, -0.2) is 20.0 Å². The van der Waals surface area contributed by atoms with Gasteiger partial charge in [0.1, 0.15) is 22.7 Å². The number of pyridine rings is 1. The molecule has 5 nitrogen and oxygen atoms in total. The van der Waals surface area contributed by atoms with Crippen molar-refractivity contribution in [2.45, 2.75) is 45.6 Å². The molecular weight excluding hydrogens is 916 g/mol. The van der Waals surface area contributed by atoms with E-state index < -0.39 is 5.41 Å². The van der Waals surface area contributed by atoms with Crippen molar-refractivity contribution in [1.82, 2.24) is 9.55 Å². The van der Waals surface area contributed by atoms with E-state index in [9.17, 15) is 0 Å². The largest absolute Gasteiger partial charge is 0.319 e. The fourth-order valence-corrected chi connectivity index (χ4v) is 9.11. The molecule has 0 fully saturated rings. The second-order valence-corrected chi connectivity index (χ2v) is 16.5. The summed E-state index contributed by atoms with van der Waals surface area (Å²) in [5.41, 5.74) is 13.0. The van der Waals surface area contributed by atoms with Crippen LogP contribution in [0.5, 0.6) is 0 Å². The van der Waals surface area contributed by atoms with Crippen LogP contribution in [0.3, 0.4) is 0 Å². The van der Waals surface area contributed by atoms with Gasteiger partial charge in [-0.25, -0.2) is 4.98 Å². The fraction of sp³-hybridized carbons (Fsp3) is 0.130. The zero-order valence-corrected chi connectivity index (χ0v) is 36.6. The molecule has 0 atom stereocenters. The molecule has 1 aliphatic rings. The number of aromatic nitrogens is 2. The van der Waals surface area contributed by atoms with Crippen molar-refractivity contribution in [1.29, 1.82) is 0 Å². The number of aryl methyl sites for hydroxylation is 2. The molecular formula is C54H45N4OPt-. The molecule has 0 unspecified atom stereocenters. The van der Waals surface area contributed by atoms with E-state index >= 15 is 0 Å². The topological polar surface area (TPSA) is 37.1 Å². The molecule has 0 radical (unpaired) electrons. The number of benzene rings is 7. The third-order valence-corrected chi connectivity index (χ3v) is 11.7. The van der Waals surface area contributed by atoms with Crippen molar-refractivity contribution < 1.29 is 26.0 Å². The van der Waals surface area contributed by atoms with Crippen molar-refractivity contribution in [3.63, 3.8) is 0 Å². The summed E-state index contributed by atoms with van der Waals surface area (Å²) < 4.78 is 2.29. The second-order valence-electron chi connectivity index (χ2n) is 16.5. The molecule has 0 saturated carbocycles. The van der Waals surface area contributed by atoms with Gasteiger partial charge in [0.15, 0.2) is 0 Å². The van der Waals surface area contributed by atoms with Gasteiger partial charge < -0.3 is 4.57 Å². The van der Waals surface area contributed by atoms with E-state index in [1.165, 1.54) is 16.7 Å². The molecule has 2 aromatic heterocycles. The Morgan fingerprint density at radius 3 is 1.88 bits per heavy atom. The standard InChI is InChI=1S/C54H44N4O.Pt/c1-37-18-16-19-38(2)52(37)39-32-33-55-51(34-39)56-47-27-13-12-26-45(47)46-31-30-43(36-50(46)56)54(40-20-8-6-9-21-40,41-22-10-7-11-23-41)42-24-17-25-44(35-42)57-48-28-14-15-29-49(48)58(59-57)53(3,4)5;/h6-34H,1-5H3;/q-2;/p+1. The Labute approximate surface area is 366 Å². The zero-order chi connectivity index (χ0) is 40.3. The van der Waals surface area contributed by atoms with E-state index in [4.69, 9.17) is 9.92 Å². The van der Waals surface area contributed by atoms with Crippen LogP contribution in [0.25, 0.3) is 38.8 Å². The first-order valence-corrected chi connectivity index (χ1v) is 20.3. The summed E-state index contributed by atoms with van der Waals surface area (Å²) in [5, 5.41) is 6.41. The summed E-state index contributed by atoms with van der Waals surface area (Å²) in [7, 11) is 0. The maximum atomic E-state index is 5.21. The first kappa shape index (κ1) is 39.2. The second kappa shape index (κ2) is 15.4. The first-order chi connectivity index (χ1) is 28.7. The van der Waals surface area contributed by atoms with Crippen molar-refractivity contribution in [3.05, 3.63) is 222 Å². The van der Waals surface area contributed by atoms with Gasteiger partial charge in [0.2, 0.25) is 0 Å². The third-order valence-electron chi connectivity index (χ3n) is 11.7. The van der Waals surface area contributed by atoms with Crippen molar-refractivity contribution in [2.75, 3.05) is 10.1 Å². The number of hydrogen-bond acceptors (Lipinski definition) is 3. The molecule has 0 amide bonds. The predicted molar refractivity (Wildman–Crippen MR) is 242 cm³/mol. The SMILES string of the molecule is Cc1cccc(C)c1-c1ccnc(-n2c3[c-]c(C(c4[c-]c(N5[OH+]N(C(C)(C)C)c6ccccc65)ccc4)(c4ccccc4)c4ccccc4)ccc3c3ccccc32)c1.[Pt]. The number of nitrogens with zero attached hydrogens (tertiary/aromatic N) is 4. The van der Waals surface area contributed by atoms with Gasteiger partial charge in [-0.3, -0.25) is 0 Å². The van der Waals surface area contributed by atoms with Crippen molar-refractivity contribution in [2.24, 2.45) is 0 Å². The zero-order valence-electron chi connectivity index (χ0n) is 34.3. The molecule has 0 spiro atoms. The van der Waals surface area contributed by atoms with Crippen LogP contribution in [0.15, 0.2) is 176 Å². The van der Waals surface area contributed by atoms with Gasteiger partial charge >= 0.3 is 0 Å². The van der Waals surface area contributed by atoms with E-state index in [-0.39, 0.29) is 26.6 Å². The number of rotatable bonds is 7. The average Bonchev–Trinajstić information content (AvgIpc) is 3.82.